The van der Waals surface area contributed by atoms with Crippen LogP contribution in [0, 0.1) is 5.41 Å². The fourth-order valence-corrected chi connectivity index (χ4v) is 0.381. The second-order valence-electron chi connectivity index (χ2n) is 1.12. The molecule has 4 N–H and O–H groups in total. The molecule has 0 aliphatic carbocycles. The quantitative estimate of drug-likeness (QED) is 0.240. The van der Waals surface area contributed by atoms with Crippen LogP contribution in [0.3, 0.4) is 0 Å². The molecule has 0 atom stereocenters. The minimum absolute atomic E-state index is 0.111. The van der Waals surface area contributed by atoms with E-state index in [0.717, 1.165) is 11.9 Å². The summed E-state index contributed by atoms with van der Waals surface area (Å²) in [6, 6.07) is 0. The van der Waals surface area contributed by atoms with E-state index in [-0.39, 0.29) is 11.1 Å². The first-order valence-corrected chi connectivity index (χ1v) is 2.72. The maximum atomic E-state index is 10.1. The van der Waals surface area contributed by atoms with Gasteiger partial charge in [0.25, 0.3) is 0 Å². The highest BCUT2D eigenvalue weighted by Gasteiger charge is 1.90. The molecule has 0 radical (unpaired) electrons. The Hall–Kier alpha value is -0.710. The lowest BCUT2D eigenvalue weighted by atomic mass is 10.8. The van der Waals surface area contributed by atoms with Crippen molar-refractivity contribution in [3.8, 4) is 0 Å². The number of carbonyl (C=O) groups is 1. The van der Waals surface area contributed by atoms with Crippen LogP contribution in [0.15, 0.2) is 0 Å². The SMILES string of the molecule is CC(=O)NSC(=N)N. The highest BCUT2D eigenvalue weighted by molar-refractivity contribution is 8.12. The Bertz CT molecular complexity index is 99.1. The van der Waals surface area contributed by atoms with Gasteiger partial charge in [-0.2, -0.15) is 0 Å². The zero-order valence-corrected chi connectivity index (χ0v) is 5.21. The number of amides is 1. The predicted octanol–water partition coefficient (Wildman–Crippen LogP) is -0.336. The van der Waals surface area contributed by atoms with E-state index in [4.69, 9.17) is 11.1 Å². The Morgan fingerprint density at radius 2 is 2.38 bits per heavy atom. The van der Waals surface area contributed by atoms with E-state index < -0.39 is 0 Å². The molecule has 0 aromatic heterocycles. The van der Waals surface area contributed by atoms with Gasteiger partial charge in [-0.05, 0) is 0 Å². The molecule has 1 amide bonds. The number of carbonyl (C=O) groups excluding carboxylic acids is 1. The summed E-state index contributed by atoms with van der Waals surface area (Å²) in [6.45, 7) is 1.36. The van der Waals surface area contributed by atoms with E-state index in [0.29, 0.717) is 0 Å². The molecule has 0 aromatic rings. The van der Waals surface area contributed by atoms with Crippen LogP contribution < -0.4 is 10.5 Å². The first kappa shape index (κ1) is 7.29. The summed E-state index contributed by atoms with van der Waals surface area (Å²) in [6.07, 6.45) is 0. The topological polar surface area (TPSA) is 79.0 Å². The highest BCUT2D eigenvalue weighted by Crippen LogP contribution is 1.87. The minimum Gasteiger partial charge on any atom is -0.377 e. The molecule has 0 saturated carbocycles. The molecule has 4 nitrogen and oxygen atoms in total. The lowest BCUT2D eigenvalue weighted by Gasteiger charge is -1.94. The Morgan fingerprint density at radius 3 is 2.50 bits per heavy atom. The van der Waals surface area contributed by atoms with Gasteiger partial charge in [0, 0.05) is 18.9 Å². The number of hydrogen-bond acceptors (Lipinski definition) is 3. The van der Waals surface area contributed by atoms with E-state index in [1.54, 1.807) is 0 Å². The van der Waals surface area contributed by atoms with Crippen LogP contribution in [0.2, 0.25) is 0 Å². The summed E-state index contributed by atoms with van der Waals surface area (Å²) < 4.78 is 2.27. The van der Waals surface area contributed by atoms with Gasteiger partial charge in [0.1, 0.15) is 0 Å². The van der Waals surface area contributed by atoms with Crippen LogP contribution in [0.5, 0.6) is 0 Å². The molecule has 0 aliphatic heterocycles. The van der Waals surface area contributed by atoms with Crippen molar-refractivity contribution >= 4 is 23.0 Å². The zero-order chi connectivity index (χ0) is 6.57. The molecule has 0 aliphatic rings. The predicted molar refractivity (Wildman–Crippen MR) is 33.3 cm³/mol. The maximum Gasteiger partial charge on any atom is 0.227 e. The van der Waals surface area contributed by atoms with Crippen molar-refractivity contribution < 1.29 is 4.79 Å². The summed E-state index contributed by atoms with van der Waals surface area (Å²) in [5.41, 5.74) is 4.87. The van der Waals surface area contributed by atoms with Crippen LogP contribution in [0.1, 0.15) is 6.92 Å². The Morgan fingerprint density at radius 1 is 1.88 bits per heavy atom. The van der Waals surface area contributed by atoms with E-state index in [1.165, 1.54) is 6.92 Å². The average Bonchev–Trinajstić information content (AvgIpc) is 1.61. The van der Waals surface area contributed by atoms with Gasteiger partial charge >= 0.3 is 0 Å². The van der Waals surface area contributed by atoms with Crippen molar-refractivity contribution in [1.82, 2.24) is 4.72 Å². The second kappa shape index (κ2) is 3.31. The van der Waals surface area contributed by atoms with Gasteiger partial charge in [-0.1, -0.05) is 0 Å². The van der Waals surface area contributed by atoms with Crippen molar-refractivity contribution in [2.45, 2.75) is 6.92 Å². The minimum atomic E-state index is -0.204. The van der Waals surface area contributed by atoms with Gasteiger partial charge in [0.2, 0.25) is 5.91 Å². The molecular weight excluding hydrogens is 126 g/mol. The summed E-state index contributed by atoms with van der Waals surface area (Å²) in [4.78, 5) is 10.1. The first-order chi connectivity index (χ1) is 3.63. The smallest absolute Gasteiger partial charge is 0.227 e. The number of rotatable bonds is 0. The molecule has 0 spiro atoms. The van der Waals surface area contributed by atoms with Gasteiger partial charge in [0.15, 0.2) is 5.17 Å². The lowest BCUT2D eigenvalue weighted by molar-refractivity contribution is -0.117. The first-order valence-electron chi connectivity index (χ1n) is 1.90. The second-order valence-corrected chi connectivity index (χ2v) is 1.97. The molecule has 0 bridgehead atoms. The van der Waals surface area contributed by atoms with Crippen LogP contribution in [-0.2, 0) is 4.79 Å². The van der Waals surface area contributed by atoms with Crippen LogP contribution >= 0.6 is 11.9 Å². The van der Waals surface area contributed by atoms with Crippen molar-refractivity contribution in [3.05, 3.63) is 0 Å². The van der Waals surface area contributed by atoms with Crippen LogP contribution in [0.25, 0.3) is 0 Å². The number of amidine groups is 1. The molecule has 0 unspecified atom stereocenters. The number of nitrogens with one attached hydrogen (secondary N) is 2. The molecule has 0 rings (SSSR count). The molecule has 0 fully saturated rings. The van der Waals surface area contributed by atoms with Gasteiger partial charge in [-0.3, -0.25) is 14.9 Å². The van der Waals surface area contributed by atoms with Crippen molar-refractivity contribution in [2.24, 2.45) is 5.73 Å². The third-order valence-electron chi connectivity index (χ3n) is 0.305. The van der Waals surface area contributed by atoms with E-state index in [1.807, 2.05) is 0 Å². The summed E-state index contributed by atoms with van der Waals surface area (Å²) in [5, 5.41) is 6.50. The third-order valence-corrected chi connectivity index (χ3v) is 0.914. The fourth-order valence-electron chi connectivity index (χ4n) is 0.127. The van der Waals surface area contributed by atoms with Crippen molar-refractivity contribution in [2.75, 3.05) is 0 Å². The molecule has 0 heterocycles. The van der Waals surface area contributed by atoms with Crippen LogP contribution in [-0.4, -0.2) is 11.1 Å². The standard InChI is InChI=1S/C3H7N3OS/c1-2(7)6-8-3(4)5/h1H3,(H3,4,5)(H,6,7). The van der Waals surface area contributed by atoms with E-state index in [9.17, 15) is 4.79 Å². The zero-order valence-electron chi connectivity index (χ0n) is 4.39. The molecule has 0 aromatic carbocycles. The Labute approximate surface area is 51.5 Å². The molecule has 46 valence electrons. The van der Waals surface area contributed by atoms with Crippen molar-refractivity contribution in [1.29, 1.82) is 5.41 Å². The average molecular weight is 133 g/mol. The van der Waals surface area contributed by atoms with Crippen molar-refractivity contribution in [3.63, 3.8) is 0 Å². The highest BCUT2D eigenvalue weighted by atomic mass is 32.2. The Kier molecular flexibility index (Phi) is 3.02. The normalized spacial score (nSPS) is 8.12. The van der Waals surface area contributed by atoms with E-state index in [2.05, 4.69) is 4.72 Å². The fraction of sp³-hybridized carbons (Fsp3) is 0.333. The Balaban J connectivity index is 3.18. The number of hydrogen-bond donors (Lipinski definition) is 3. The molecule has 5 heteroatoms. The van der Waals surface area contributed by atoms with Gasteiger partial charge in [0.05, 0.1) is 0 Å². The summed E-state index contributed by atoms with van der Waals surface area (Å²) >= 11 is 0.801. The molecular formula is C3H7N3OS. The van der Waals surface area contributed by atoms with Crippen LogP contribution in [0.4, 0.5) is 0 Å². The van der Waals surface area contributed by atoms with Gasteiger partial charge in [-0.15, -0.1) is 0 Å². The molecule has 8 heavy (non-hydrogen) atoms. The maximum absolute atomic E-state index is 10.1. The van der Waals surface area contributed by atoms with Gasteiger partial charge in [-0.25, -0.2) is 0 Å². The lowest BCUT2D eigenvalue weighted by Crippen LogP contribution is -2.17. The number of nitrogens with two attached hydrogens (primary N) is 1. The molecule has 0 saturated heterocycles. The summed E-state index contributed by atoms with van der Waals surface area (Å²) in [7, 11) is 0. The largest absolute Gasteiger partial charge is 0.377 e. The third kappa shape index (κ3) is 5.29. The monoisotopic (exact) mass is 133 g/mol. The van der Waals surface area contributed by atoms with E-state index >= 15 is 0 Å². The van der Waals surface area contributed by atoms with Gasteiger partial charge < -0.3 is 5.73 Å². The summed E-state index contributed by atoms with van der Waals surface area (Å²) in [5.74, 6) is -0.204.